The highest BCUT2D eigenvalue weighted by molar-refractivity contribution is 9.11. The number of rotatable bonds is 3. The van der Waals surface area contributed by atoms with Crippen molar-refractivity contribution in [3.8, 4) is 0 Å². The molecule has 0 spiro atoms. The van der Waals surface area contributed by atoms with Crippen molar-refractivity contribution in [2.75, 3.05) is 0 Å². The molecule has 82 valence electrons. The number of benzene rings is 1. The van der Waals surface area contributed by atoms with Crippen LogP contribution in [0.4, 0.5) is 0 Å². The van der Waals surface area contributed by atoms with Crippen LogP contribution in [0.2, 0.25) is 0 Å². The van der Waals surface area contributed by atoms with E-state index in [4.69, 9.17) is 0 Å². The summed E-state index contributed by atoms with van der Waals surface area (Å²) in [4.78, 5) is 11.8. The average molecular weight is 296 g/mol. The molecule has 0 radical (unpaired) electrons. The molecular formula is C12H10BrNOS. The smallest absolute Gasteiger partial charge is 0.253 e. The number of hydrogen-bond donors (Lipinski definition) is 1. The standard InChI is InChI=1S/C12H10BrNOS/c13-11-10(6-7-16-11)12(15)14-8-9-4-2-1-3-5-9/h1-7H,8H2,(H,14,15). The molecule has 2 rings (SSSR count). The van der Waals surface area contributed by atoms with Gasteiger partial charge in [0, 0.05) is 6.54 Å². The molecule has 4 heteroatoms. The quantitative estimate of drug-likeness (QED) is 0.923. The molecule has 0 aliphatic rings. The molecule has 2 aromatic rings. The summed E-state index contributed by atoms with van der Waals surface area (Å²) in [5.41, 5.74) is 1.79. The van der Waals surface area contributed by atoms with Crippen molar-refractivity contribution in [2.45, 2.75) is 6.54 Å². The first-order chi connectivity index (χ1) is 7.77. The normalized spacial score (nSPS) is 10.1. The van der Waals surface area contributed by atoms with E-state index in [1.54, 1.807) is 0 Å². The summed E-state index contributed by atoms with van der Waals surface area (Å²) >= 11 is 4.86. The lowest BCUT2D eigenvalue weighted by molar-refractivity contribution is 0.0950. The Morgan fingerprint density at radius 2 is 2.00 bits per heavy atom. The summed E-state index contributed by atoms with van der Waals surface area (Å²) in [7, 11) is 0. The molecule has 0 aliphatic heterocycles. The minimum Gasteiger partial charge on any atom is -0.348 e. The number of carbonyl (C=O) groups excluding carboxylic acids is 1. The van der Waals surface area contributed by atoms with Crippen molar-refractivity contribution in [1.82, 2.24) is 5.32 Å². The Balaban J connectivity index is 1.97. The molecule has 0 saturated carbocycles. The zero-order valence-corrected chi connectivity index (χ0v) is 10.8. The van der Waals surface area contributed by atoms with Crippen molar-refractivity contribution >= 4 is 33.2 Å². The van der Waals surface area contributed by atoms with Crippen molar-refractivity contribution < 1.29 is 4.79 Å². The first-order valence-electron chi connectivity index (χ1n) is 4.82. The van der Waals surface area contributed by atoms with Gasteiger partial charge in [0.05, 0.1) is 9.35 Å². The summed E-state index contributed by atoms with van der Waals surface area (Å²) in [6, 6.07) is 11.7. The van der Waals surface area contributed by atoms with Crippen molar-refractivity contribution in [2.24, 2.45) is 0 Å². The van der Waals surface area contributed by atoms with E-state index in [2.05, 4.69) is 21.2 Å². The number of nitrogens with one attached hydrogen (secondary N) is 1. The van der Waals surface area contributed by atoms with Gasteiger partial charge >= 0.3 is 0 Å². The molecule has 0 saturated heterocycles. The number of thiophene rings is 1. The van der Waals surface area contributed by atoms with Crippen molar-refractivity contribution in [3.63, 3.8) is 0 Å². The third-order valence-electron chi connectivity index (χ3n) is 2.16. The molecule has 1 heterocycles. The number of amides is 1. The minimum atomic E-state index is -0.0445. The Morgan fingerprint density at radius 1 is 1.25 bits per heavy atom. The van der Waals surface area contributed by atoms with Crippen molar-refractivity contribution in [1.29, 1.82) is 0 Å². The second-order valence-electron chi connectivity index (χ2n) is 3.28. The highest BCUT2D eigenvalue weighted by Gasteiger charge is 2.09. The molecular weight excluding hydrogens is 286 g/mol. The highest BCUT2D eigenvalue weighted by Crippen LogP contribution is 2.23. The summed E-state index contributed by atoms with van der Waals surface area (Å²) in [5.74, 6) is -0.0445. The Hall–Kier alpha value is -1.13. The fraction of sp³-hybridized carbons (Fsp3) is 0.0833. The lowest BCUT2D eigenvalue weighted by atomic mass is 10.2. The van der Waals surface area contributed by atoms with Crippen LogP contribution in [0, 0.1) is 0 Å². The maximum atomic E-state index is 11.8. The van der Waals surface area contributed by atoms with Gasteiger partial charge in [0.1, 0.15) is 0 Å². The first kappa shape index (κ1) is 11.4. The van der Waals surface area contributed by atoms with Crippen molar-refractivity contribution in [3.05, 3.63) is 56.7 Å². The Kier molecular flexibility index (Phi) is 3.74. The lowest BCUT2D eigenvalue weighted by Crippen LogP contribution is -2.22. The van der Waals surface area contributed by atoms with E-state index in [1.165, 1.54) is 11.3 Å². The Bertz CT molecular complexity index is 481. The fourth-order valence-electron chi connectivity index (χ4n) is 1.33. The molecule has 0 aliphatic carbocycles. The maximum Gasteiger partial charge on any atom is 0.253 e. The van der Waals surface area contributed by atoms with E-state index in [9.17, 15) is 4.79 Å². The van der Waals surface area contributed by atoms with Gasteiger partial charge in [-0.2, -0.15) is 0 Å². The molecule has 0 unspecified atom stereocenters. The zero-order chi connectivity index (χ0) is 11.4. The van der Waals surface area contributed by atoms with Gasteiger partial charge in [0.15, 0.2) is 0 Å². The van der Waals surface area contributed by atoms with Gasteiger partial charge in [-0.05, 0) is 32.9 Å². The summed E-state index contributed by atoms with van der Waals surface area (Å²) in [5, 5.41) is 4.77. The second kappa shape index (κ2) is 5.27. The van der Waals surface area contributed by atoms with Crippen LogP contribution in [0.1, 0.15) is 15.9 Å². The van der Waals surface area contributed by atoms with E-state index in [0.29, 0.717) is 12.1 Å². The molecule has 0 fully saturated rings. The van der Waals surface area contributed by atoms with Gasteiger partial charge < -0.3 is 5.32 Å². The molecule has 16 heavy (non-hydrogen) atoms. The maximum absolute atomic E-state index is 11.8. The van der Waals surface area contributed by atoms with E-state index in [-0.39, 0.29) is 5.91 Å². The lowest BCUT2D eigenvalue weighted by Gasteiger charge is -2.04. The minimum absolute atomic E-state index is 0.0445. The third kappa shape index (κ3) is 2.71. The van der Waals surface area contributed by atoms with Crippen LogP contribution in [-0.2, 0) is 6.54 Å². The van der Waals surface area contributed by atoms with Gasteiger partial charge in [0.25, 0.3) is 5.91 Å². The molecule has 2 nitrogen and oxygen atoms in total. The second-order valence-corrected chi connectivity index (χ2v) is 5.51. The summed E-state index contributed by atoms with van der Waals surface area (Å²) in [6.45, 7) is 0.557. The van der Waals surface area contributed by atoms with Crippen LogP contribution in [0.25, 0.3) is 0 Å². The van der Waals surface area contributed by atoms with E-state index >= 15 is 0 Å². The first-order valence-corrected chi connectivity index (χ1v) is 6.50. The van der Waals surface area contributed by atoms with E-state index in [1.807, 2.05) is 41.8 Å². The monoisotopic (exact) mass is 295 g/mol. The van der Waals surface area contributed by atoms with Gasteiger partial charge in [0.2, 0.25) is 0 Å². The van der Waals surface area contributed by atoms with Gasteiger partial charge in [-0.25, -0.2) is 0 Å². The summed E-state index contributed by atoms with van der Waals surface area (Å²) < 4.78 is 0.873. The topological polar surface area (TPSA) is 29.1 Å². The van der Waals surface area contributed by atoms with Crippen LogP contribution in [-0.4, -0.2) is 5.91 Å². The predicted molar refractivity (Wildman–Crippen MR) is 69.6 cm³/mol. The molecule has 0 bridgehead atoms. The van der Waals surface area contributed by atoms with Crippen LogP contribution < -0.4 is 5.32 Å². The van der Waals surface area contributed by atoms with Crippen LogP contribution in [0.15, 0.2) is 45.6 Å². The Morgan fingerprint density at radius 3 is 2.62 bits per heavy atom. The van der Waals surface area contributed by atoms with Crippen LogP contribution in [0.5, 0.6) is 0 Å². The van der Waals surface area contributed by atoms with E-state index in [0.717, 1.165) is 9.35 Å². The van der Waals surface area contributed by atoms with Gasteiger partial charge in [-0.3, -0.25) is 4.79 Å². The number of halogens is 1. The number of hydrogen-bond acceptors (Lipinski definition) is 2. The number of carbonyl (C=O) groups is 1. The molecule has 1 aromatic carbocycles. The van der Waals surface area contributed by atoms with Gasteiger partial charge in [-0.15, -0.1) is 11.3 Å². The largest absolute Gasteiger partial charge is 0.348 e. The molecule has 1 N–H and O–H groups in total. The molecule has 1 amide bonds. The highest BCUT2D eigenvalue weighted by atomic mass is 79.9. The third-order valence-corrected chi connectivity index (χ3v) is 3.85. The molecule has 0 atom stereocenters. The van der Waals surface area contributed by atoms with Gasteiger partial charge in [-0.1, -0.05) is 30.3 Å². The SMILES string of the molecule is O=C(NCc1ccccc1)c1ccsc1Br. The predicted octanol–water partition coefficient (Wildman–Crippen LogP) is 3.44. The Labute approximate surface area is 106 Å². The van der Waals surface area contributed by atoms with Crippen LogP contribution >= 0.6 is 27.3 Å². The summed E-state index contributed by atoms with van der Waals surface area (Å²) in [6.07, 6.45) is 0. The fourth-order valence-corrected chi connectivity index (χ4v) is 2.58. The average Bonchev–Trinajstić information content (AvgIpc) is 2.74. The van der Waals surface area contributed by atoms with E-state index < -0.39 is 0 Å². The van der Waals surface area contributed by atoms with Crippen LogP contribution in [0.3, 0.4) is 0 Å². The zero-order valence-electron chi connectivity index (χ0n) is 8.44. The molecule has 1 aromatic heterocycles.